The van der Waals surface area contributed by atoms with Crippen LogP contribution in [0.2, 0.25) is 0 Å². The number of aromatic nitrogens is 2. The van der Waals surface area contributed by atoms with Crippen molar-refractivity contribution in [3.63, 3.8) is 0 Å². The third-order valence-electron chi connectivity index (χ3n) is 4.24. The van der Waals surface area contributed by atoms with Gasteiger partial charge in [0.1, 0.15) is 11.9 Å². The van der Waals surface area contributed by atoms with Crippen LogP contribution in [0.1, 0.15) is 43.1 Å². The molecule has 0 saturated heterocycles. The van der Waals surface area contributed by atoms with Crippen LogP contribution in [-0.4, -0.2) is 21.9 Å². The second-order valence-electron chi connectivity index (χ2n) is 5.95. The Kier molecular flexibility index (Phi) is 4.32. The highest BCUT2D eigenvalue weighted by atomic mass is 16.2. The standard InChI is InChI=1S/C18H16N6O/c1-11-5-16(23-18-10-21-14(8-20)9-22-18)15-6-13(7-19)3-4-17(15)24(11)12(2)25/h3-4,6,9-11,16H,5H2,1-2H3,(H,22,23)/t11-,16+/m0/s1. The van der Waals surface area contributed by atoms with Gasteiger partial charge in [-0.15, -0.1) is 0 Å². The van der Waals surface area contributed by atoms with Crippen molar-refractivity contribution in [2.24, 2.45) is 0 Å². The number of anilines is 2. The zero-order chi connectivity index (χ0) is 18.0. The molecule has 0 spiro atoms. The summed E-state index contributed by atoms with van der Waals surface area (Å²) in [5.74, 6) is 0.510. The Balaban J connectivity index is 1.99. The first-order valence-electron chi connectivity index (χ1n) is 7.86. The summed E-state index contributed by atoms with van der Waals surface area (Å²) < 4.78 is 0. The number of carbonyl (C=O) groups excluding carboxylic acids is 1. The van der Waals surface area contributed by atoms with Crippen LogP contribution in [0.3, 0.4) is 0 Å². The Morgan fingerprint density at radius 1 is 1.28 bits per heavy atom. The minimum atomic E-state index is -0.115. The van der Waals surface area contributed by atoms with Crippen LogP contribution < -0.4 is 10.2 Å². The lowest BCUT2D eigenvalue weighted by Gasteiger charge is -2.39. The Hall–Kier alpha value is -3.45. The number of fused-ring (bicyclic) bond motifs is 1. The monoisotopic (exact) mass is 332 g/mol. The van der Waals surface area contributed by atoms with Gasteiger partial charge in [-0.2, -0.15) is 10.5 Å². The van der Waals surface area contributed by atoms with Crippen LogP contribution in [0.15, 0.2) is 30.6 Å². The number of rotatable bonds is 2. The molecule has 3 rings (SSSR count). The second-order valence-corrected chi connectivity index (χ2v) is 5.95. The fraction of sp³-hybridized carbons (Fsp3) is 0.278. The highest BCUT2D eigenvalue weighted by Crippen LogP contribution is 2.39. The van der Waals surface area contributed by atoms with Crippen molar-refractivity contribution in [1.82, 2.24) is 9.97 Å². The van der Waals surface area contributed by atoms with Gasteiger partial charge in [0.2, 0.25) is 5.91 Å². The summed E-state index contributed by atoms with van der Waals surface area (Å²) in [5, 5.41) is 21.3. The van der Waals surface area contributed by atoms with Gasteiger partial charge >= 0.3 is 0 Å². The normalized spacial score (nSPS) is 18.6. The van der Waals surface area contributed by atoms with E-state index in [9.17, 15) is 10.1 Å². The van der Waals surface area contributed by atoms with Crippen LogP contribution in [0.4, 0.5) is 11.5 Å². The number of benzene rings is 1. The smallest absolute Gasteiger partial charge is 0.224 e. The van der Waals surface area contributed by atoms with E-state index in [4.69, 9.17) is 5.26 Å². The number of amides is 1. The van der Waals surface area contributed by atoms with E-state index in [1.54, 1.807) is 24.0 Å². The van der Waals surface area contributed by atoms with Crippen LogP contribution >= 0.6 is 0 Å². The summed E-state index contributed by atoms with van der Waals surface area (Å²) in [7, 11) is 0. The zero-order valence-corrected chi connectivity index (χ0v) is 13.9. The third kappa shape index (κ3) is 3.13. The maximum absolute atomic E-state index is 12.0. The predicted octanol–water partition coefficient (Wildman–Crippen LogP) is 2.52. The fourth-order valence-electron chi connectivity index (χ4n) is 3.19. The van der Waals surface area contributed by atoms with Crippen molar-refractivity contribution in [3.05, 3.63) is 47.4 Å². The molecule has 7 nitrogen and oxygen atoms in total. The van der Waals surface area contributed by atoms with E-state index in [1.807, 2.05) is 19.1 Å². The van der Waals surface area contributed by atoms with Crippen molar-refractivity contribution < 1.29 is 4.79 Å². The van der Waals surface area contributed by atoms with E-state index >= 15 is 0 Å². The Morgan fingerprint density at radius 3 is 2.68 bits per heavy atom. The van der Waals surface area contributed by atoms with Crippen LogP contribution in [0.5, 0.6) is 0 Å². The summed E-state index contributed by atoms with van der Waals surface area (Å²) in [4.78, 5) is 22.0. The zero-order valence-electron chi connectivity index (χ0n) is 13.9. The van der Waals surface area contributed by atoms with Gasteiger partial charge < -0.3 is 10.2 Å². The molecular weight excluding hydrogens is 316 g/mol. The van der Waals surface area contributed by atoms with E-state index in [2.05, 4.69) is 21.4 Å². The molecule has 2 heterocycles. The van der Waals surface area contributed by atoms with Crippen LogP contribution in [0, 0.1) is 22.7 Å². The number of carbonyl (C=O) groups is 1. The first kappa shape index (κ1) is 16.4. The molecule has 1 amide bonds. The van der Waals surface area contributed by atoms with Gasteiger partial charge in [0.05, 0.1) is 30.1 Å². The molecule has 0 unspecified atom stereocenters. The SMILES string of the molecule is CC(=O)N1c2ccc(C#N)cc2[C@H](Nc2cnc(C#N)cn2)C[C@@H]1C. The number of nitrogens with one attached hydrogen (secondary N) is 1. The molecule has 0 fully saturated rings. The molecule has 124 valence electrons. The number of nitriles is 2. The molecule has 7 heteroatoms. The molecule has 1 aromatic heterocycles. The van der Waals surface area contributed by atoms with E-state index in [-0.39, 0.29) is 23.7 Å². The molecule has 0 radical (unpaired) electrons. The maximum atomic E-state index is 12.0. The van der Waals surface area contributed by atoms with E-state index < -0.39 is 0 Å². The predicted molar refractivity (Wildman–Crippen MR) is 91.5 cm³/mol. The Bertz CT molecular complexity index is 893. The molecule has 1 N–H and O–H groups in total. The number of hydrogen-bond donors (Lipinski definition) is 1. The van der Waals surface area contributed by atoms with Gasteiger partial charge in [-0.1, -0.05) is 0 Å². The summed E-state index contributed by atoms with van der Waals surface area (Å²) in [6.07, 6.45) is 3.58. The summed E-state index contributed by atoms with van der Waals surface area (Å²) in [6.45, 7) is 3.53. The lowest BCUT2D eigenvalue weighted by atomic mass is 9.90. The average Bonchev–Trinajstić information content (AvgIpc) is 2.61. The van der Waals surface area contributed by atoms with E-state index in [0.717, 1.165) is 11.3 Å². The number of hydrogen-bond acceptors (Lipinski definition) is 6. The highest BCUT2D eigenvalue weighted by Gasteiger charge is 2.32. The van der Waals surface area contributed by atoms with Gasteiger partial charge in [0.25, 0.3) is 0 Å². The lowest BCUT2D eigenvalue weighted by Crippen LogP contribution is -2.43. The highest BCUT2D eigenvalue weighted by molar-refractivity contribution is 5.94. The molecule has 0 saturated carbocycles. The summed E-state index contributed by atoms with van der Waals surface area (Å²) in [5.41, 5.74) is 2.45. The van der Waals surface area contributed by atoms with Gasteiger partial charge in [-0.05, 0) is 37.1 Å². The largest absolute Gasteiger partial charge is 0.362 e. The molecule has 0 bridgehead atoms. The van der Waals surface area contributed by atoms with E-state index in [0.29, 0.717) is 17.8 Å². The van der Waals surface area contributed by atoms with Gasteiger partial charge in [0.15, 0.2) is 5.69 Å². The minimum Gasteiger partial charge on any atom is -0.362 e. The topological polar surface area (TPSA) is 106 Å². The maximum Gasteiger partial charge on any atom is 0.224 e. The van der Waals surface area contributed by atoms with Gasteiger partial charge in [-0.3, -0.25) is 4.79 Å². The minimum absolute atomic E-state index is 0.00164. The van der Waals surface area contributed by atoms with Crippen molar-refractivity contribution in [2.75, 3.05) is 10.2 Å². The quantitative estimate of drug-likeness (QED) is 0.906. The molecule has 1 aliphatic heterocycles. The molecule has 1 aliphatic rings. The molecule has 1 aromatic carbocycles. The van der Waals surface area contributed by atoms with Crippen molar-refractivity contribution in [2.45, 2.75) is 32.4 Å². The molecular formula is C18H16N6O. The second kappa shape index (κ2) is 6.58. The lowest BCUT2D eigenvalue weighted by molar-refractivity contribution is -0.117. The Morgan fingerprint density at radius 2 is 2.08 bits per heavy atom. The van der Waals surface area contributed by atoms with Crippen LogP contribution in [-0.2, 0) is 4.79 Å². The summed E-state index contributed by atoms with van der Waals surface area (Å²) >= 11 is 0. The fourth-order valence-corrected chi connectivity index (χ4v) is 3.19. The average molecular weight is 332 g/mol. The number of nitrogens with zero attached hydrogens (tertiary/aromatic N) is 5. The van der Waals surface area contributed by atoms with Gasteiger partial charge in [0, 0.05) is 18.7 Å². The van der Waals surface area contributed by atoms with Crippen molar-refractivity contribution in [3.8, 4) is 12.1 Å². The molecule has 25 heavy (non-hydrogen) atoms. The molecule has 0 aliphatic carbocycles. The Labute approximate surface area is 145 Å². The van der Waals surface area contributed by atoms with Crippen molar-refractivity contribution in [1.29, 1.82) is 10.5 Å². The third-order valence-corrected chi connectivity index (χ3v) is 4.24. The molecule has 2 atom stereocenters. The van der Waals surface area contributed by atoms with E-state index in [1.165, 1.54) is 12.4 Å². The first-order valence-corrected chi connectivity index (χ1v) is 7.86. The van der Waals surface area contributed by atoms with Crippen LogP contribution in [0.25, 0.3) is 0 Å². The first-order chi connectivity index (χ1) is 12.0. The molecule has 2 aromatic rings. The summed E-state index contributed by atoms with van der Waals surface area (Å²) in [6, 6.07) is 9.28. The van der Waals surface area contributed by atoms with Crippen molar-refractivity contribution >= 4 is 17.4 Å². The van der Waals surface area contributed by atoms with Gasteiger partial charge in [-0.25, -0.2) is 9.97 Å².